The van der Waals surface area contributed by atoms with Crippen molar-refractivity contribution in [2.24, 2.45) is 22.9 Å². The Bertz CT molecular complexity index is 2910. The third-order valence-corrected chi connectivity index (χ3v) is 17.9. The lowest BCUT2D eigenvalue weighted by atomic mass is 10.0. The molecule has 0 spiro atoms. The lowest BCUT2D eigenvalue weighted by molar-refractivity contribution is -0.142. The van der Waals surface area contributed by atoms with Crippen molar-refractivity contribution >= 4 is 65.0 Å². The van der Waals surface area contributed by atoms with Gasteiger partial charge in [0.1, 0.15) is 30.2 Å². The number of unbranched alkanes of at least 4 members (excludes halogenated alkanes) is 12. The Morgan fingerprint density at radius 1 is 0.350 bits per heavy atom. The van der Waals surface area contributed by atoms with Gasteiger partial charge >= 0.3 is 0 Å². The van der Waals surface area contributed by atoms with Gasteiger partial charge in [-0.3, -0.25) is 52.7 Å². The van der Waals surface area contributed by atoms with E-state index in [0.717, 1.165) is 30.4 Å². The molecule has 3 aromatic carbocycles. The number of nitrogens with zero attached hydrogens (tertiary/aromatic N) is 5. The molecule has 0 aliphatic rings. The van der Waals surface area contributed by atoms with E-state index in [2.05, 4.69) is 33.5 Å². The maximum atomic E-state index is 14.8. The Morgan fingerprint density at radius 2 is 0.630 bits per heavy atom. The molecule has 0 bridgehead atoms. The summed E-state index contributed by atoms with van der Waals surface area (Å²) in [7, 11) is 0. The molecule has 0 radical (unpaired) electrons. The average Bonchev–Trinajstić information content (AvgIpc) is 0.856. The first-order valence-corrected chi connectivity index (χ1v) is 36.5. The molecule has 0 heterocycles. The van der Waals surface area contributed by atoms with Crippen LogP contribution in [0.5, 0.6) is 0 Å². The van der Waals surface area contributed by atoms with Crippen LogP contribution >= 0.6 is 0 Å². The summed E-state index contributed by atoms with van der Waals surface area (Å²) in [5.74, 6) is -5.09. The maximum Gasteiger partial charge on any atom is 0.243 e. The number of benzene rings is 3. The zero-order valence-electron chi connectivity index (χ0n) is 60.5. The van der Waals surface area contributed by atoms with Gasteiger partial charge in [-0.15, -0.1) is 0 Å². The maximum absolute atomic E-state index is 14.8. The summed E-state index contributed by atoms with van der Waals surface area (Å²) < 4.78 is 0. The van der Waals surface area contributed by atoms with Crippen LogP contribution in [-0.2, 0) is 72.0 Å². The van der Waals surface area contributed by atoms with Gasteiger partial charge in [-0.2, -0.15) is 0 Å². The molecule has 13 N–H and O–H groups in total. The molecule has 0 unspecified atom stereocenters. The normalized spacial score (nSPS) is 12.5. The molecule has 25 heteroatoms. The Morgan fingerprint density at radius 3 is 0.940 bits per heavy atom. The fraction of sp³-hybridized carbons (Fsp3) is 0.613. The van der Waals surface area contributed by atoms with E-state index in [4.69, 9.17) is 22.9 Å². The molecule has 0 saturated heterocycles. The Balaban J connectivity index is 1.73. The molecule has 5 atom stereocenters. The number of hydrogen-bond acceptors (Lipinski definition) is 14. The number of nitrogens with one attached hydrogen (secondary N) is 5. The summed E-state index contributed by atoms with van der Waals surface area (Å²) in [5.41, 5.74) is 25.7. The van der Waals surface area contributed by atoms with Crippen molar-refractivity contribution < 1.29 is 52.7 Å². The van der Waals surface area contributed by atoms with E-state index < -0.39 is 77.5 Å². The summed E-state index contributed by atoms with van der Waals surface area (Å²) in [5, 5.41) is 14.3. The van der Waals surface area contributed by atoms with Crippen LogP contribution in [0.2, 0.25) is 0 Å². The summed E-state index contributed by atoms with van der Waals surface area (Å²) in [6.45, 7) is 7.87. The Hall–Kier alpha value is -8.29. The molecular weight excluding hydrogens is 1270 g/mol. The third-order valence-electron chi connectivity index (χ3n) is 17.9. The van der Waals surface area contributed by atoms with E-state index in [0.29, 0.717) is 31.2 Å². The minimum absolute atomic E-state index is 0.0266. The van der Waals surface area contributed by atoms with E-state index in [-0.39, 0.29) is 141 Å². The molecule has 0 aromatic heterocycles. The monoisotopic (exact) mass is 1390 g/mol. The highest BCUT2D eigenvalue weighted by atomic mass is 16.2. The van der Waals surface area contributed by atoms with Gasteiger partial charge in [-0.05, 0) is 75.9 Å². The molecule has 3 rings (SSSR count). The molecule has 25 nitrogen and oxygen atoms in total. The minimum Gasteiger partial charge on any atom is -0.368 e. The predicted molar refractivity (Wildman–Crippen MR) is 390 cm³/mol. The summed E-state index contributed by atoms with van der Waals surface area (Å²) >= 11 is 0. The van der Waals surface area contributed by atoms with Crippen LogP contribution in [-0.4, -0.2) is 205 Å². The van der Waals surface area contributed by atoms with Crippen LogP contribution in [0.4, 0.5) is 0 Å². The van der Waals surface area contributed by atoms with E-state index >= 15 is 0 Å². The quantitative estimate of drug-likeness (QED) is 0.0351. The zero-order valence-corrected chi connectivity index (χ0v) is 60.5. The van der Waals surface area contributed by atoms with Gasteiger partial charge in [-0.25, -0.2) is 0 Å². The van der Waals surface area contributed by atoms with Gasteiger partial charge in [-0.1, -0.05) is 175 Å². The first-order valence-electron chi connectivity index (χ1n) is 36.5. The summed E-state index contributed by atoms with van der Waals surface area (Å²) in [4.78, 5) is 158. The molecule has 556 valence electrons. The lowest BCUT2D eigenvalue weighted by Gasteiger charge is -2.34. The van der Waals surface area contributed by atoms with Gasteiger partial charge in [0.25, 0.3) is 0 Å². The Kier molecular flexibility index (Phi) is 43.8. The van der Waals surface area contributed by atoms with Crippen molar-refractivity contribution in [3.8, 4) is 0 Å². The summed E-state index contributed by atoms with van der Waals surface area (Å²) in [6, 6.07) is 21.9. The zero-order chi connectivity index (χ0) is 73.5. The van der Waals surface area contributed by atoms with Crippen LogP contribution in [0.1, 0.15) is 180 Å². The van der Waals surface area contributed by atoms with Crippen molar-refractivity contribution in [2.75, 3.05) is 85.1 Å². The highest BCUT2D eigenvalue weighted by Crippen LogP contribution is 2.18. The number of nitrogens with two attached hydrogens (primary N) is 4. The Labute approximate surface area is 594 Å². The van der Waals surface area contributed by atoms with Gasteiger partial charge in [0.15, 0.2) is 0 Å². The van der Waals surface area contributed by atoms with Gasteiger partial charge in [0.05, 0.1) is 0 Å². The first kappa shape index (κ1) is 85.9. The second-order valence-electron chi connectivity index (χ2n) is 25.7. The smallest absolute Gasteiger partial charge is 0.243 e. The minimum atomic E-state index is -1.16. The van der Waals surface area contributed by atoms with Crippen LogP contribution in [0.3, 0.4) is 0 Å². The molecule has 0 aliphatic heterocycles. The van der Waals surface area contributed by atoms with Crippen LogP contribution in [0.15, 0.2) is 91.0 Å². The number of amides is 11. The number of carbonyl (C=O) groups is 11. The van der Waals surface area contributed by atoms with Gasteiger partial charge < -0.3 is 74.0 Å². The van der Waals surface area contributed by atoms with Gasteiger partial charge in [0, 0.05) is 124 Å². The largest absolute Gasteiger partial charge is 0.368 e. The number of primary amides is 1. The third kappa shape index (κ3) is 33.7. The molecule has 3 aromatic rings. The van der Waals surface area contributed by atoms with Crippen molar-refractivity contribution in [1.29, 1.82) is 0 Å². The molecule has 0 fully saturated rings. The molecule has 11 amide bonds. The van der Waals surface area contributed by atoms with Crippen LogP contribution in [0, 0.1) is 0 Å². The van der Waals surface area contributed by atoms with Crippen molar-refractivity contribution in [2.45, 2.75) is 213 Å². The topological polar surface area (TPSA) is 368 Å². The van der Waals surface area contributed by atoms with E-state index in [1.54, 1.807) is 31.2 Å². The molecule has 0 saturated carbocycles. The highest BCUT2D eigenvalue weighted by molar-refractivity contribution is 5.91. The number of carbonyl (C=O) groups excluding carboxylic acids is 11. The lowest BCUT2D eigenvalue weighted by Crippen LogP contribution is -2.56. The second kappa shape index (κ2) is 50.9. The van der Waals surface area contributed by atoms with E-state index in [1.165, 1.54) is 109 Å². The SMILES string of the molecule is CCCCCCCCCCCCCCCC(=O)NCCN(C(C)=O)[C@@H](C)C(=O)NCCN(C(C)=O)[C@@H](C)C(=O)NCCN(C(=O)CCCN)[C@@H](Cc1ccccc1)C(=O)NCCN(C(=O)CCCN)[C@@H](Cc1ccccc1)C(=O)NCCN(C(=O)CCCN)[C@@H](Cc1ccccc1)C(N)=O. The fourth-order valence-corrected chi connectivity index (χ4v) is 12.1. The van der Waals surface area contributed by atoms with Crippen molar-refractivity contribution in [3.05, 3.63) is 108 Å². The summed E-state index contributed by atoms with van der Waals surface area (Å²) in [6.07, 6.45) is 17.2. The van der Waals surface area contributed by atoms with Crippen LogP contribution < -0.4 is 49.5 Å². The molecular formula is C75H120N14O11. The first-order chi connectivity index (χ1) is 48.2. The van der Waals surface area contributed by atoms with E-state index in [1.807, 2.05) is 66.7 Å². The fourth-order valence-electron chi connectivity index (χ4n) is 12.1. The standard InChI is InChI=1S/C75H120N14O11/c1-6-7-8-9-10-11-12-13-14-15-16-17-27-37-67(92)80-44-49-85(59(4)90)57(2)72(97)81-45-50-86(60(5)91)58(3)73(98)82-46-52-88(69(94)39-29-42-77)65(55-62-33-23-19-24-34-62)75(100)84-48-53-89(70(95)40-30-43-78)66(56-63-35-25-20-26-36-63)74(99)83-47-51-87(68(93)38-28-41-76)64(71(79)96)54-61-31-21-18-22-32-61/h18-26,31-36,57-58,64-66H,6-17,27-30,37-56,76-78H2,1-5H3,(H2,79,96)(H,80,92)(H,81,97)(H,82,98)(H,83,99)(H,84,100)/t57-,58-,64-,65-,66-/m0/s1. The number of hydrogen-bond donors (Lipinski definition) is 9. The van der Waals surface area contributed by atoms with Crippen LogP contribution in [0.25, 0.3) is 0 Å². The highest BCUT2D eigenvalue weighted by Gasteiger charge is 2.35. The van der Waals surface area contributed by atoms with Crippen molar-refractivity contribution in [1.82, 2.24) is 51.1 Å². The van der Waals surface area contributed by atoms with Crippen molar-refractivity contribution in [3.63, 3.8) is 0 Å². The predicted octanol–water partition coefficient (Wildman–Crippen LogP) is 4.54. The van der Waals surface area contributed by atoms with E-state index in [9.17, 15) is 52.7 Å². The molecule has 100 heavy (non-hydrogen) atoms. The molecule has 0 aliphatic carbocycles. The average molecular weight is 1390 g/mol. The van der Waals surface area contributed by atoms with Gasteiger partial charge in [0.2, 0.25) is 65.0 Å². The number of rotatable bonds is 54. The second-order valence-corrected chi connectivity index (χ2v) is 25.7.